The van der Waals surface area contributed by atoms with Gasteiger partial charge in [0.25, 0.3) is 17.3 Å². The predicted molar refractivity (Wildman–Crippen MR) is 125 cm³/mol. The fourth-order valence-corrected chi connectivity index (χ4v) is 3.99. The van der Waals surface area contributed by atoms with E-state index in [2.05, 4.69) is 10.6 Å². The van der Waals surface area contributed by atoms with Gasteiger partial charge >= 0.3 is 6.18 Å². The fourth-order valence-electron chi connectivity index (χ4n) is 3.99. The van der Waals surface area contributed by atoms with Crippen molar-refractivity contribution in [2.45, 2.75) is 25.6 Å². The van der Waals surface area contributed by atoms with E-state index in [0.717, 1.165) is 18.2 Å². The first-order chi connectivity index (χ1) is 17.4. The maximum Gasteiger partial charge on any atom is 0.416 e. The molecule has 0 bridgehead atoms. The number of rotatable bonds is 9. The van der Waals surface area contributed by atoms with Gasteiger partial charge in [0.05, 0.1) is 28.0 Å². The molecule has 2 N–H and O–H groups in total. The maximum atomic E-state index is 12.8. The summed E-state index contributed by atoms with van der Waals surface area (Å²) >= 11 is 0. The number of hydrogen-bond donors (Lipinski definition) is 2. The monoisotopic (exact) mass is 523 g/mol. The second kappa shape index (κ2) is 11.8. The third-order valence-corrected chi connectivity index (χ3v) is 5.95. The Bertz CT molecular complexity index is 1150. The van der Waals surface area contributed by atoms with E-state index in [9.17, 15) is 43.0 Å². The highest BCUT2D eigenvalue weighted by atomic mass is 19.4. The highest BCUT2D eigenvalue weighted by Crippen LogP contribution is 2.29. The van der Waals surface area contributed by atoms with E-state index in [1.54, 1.807) is 0 Å². The first-order valence-corrected chi connectivity index (χ1v) is 11.3. The first-order valence-electron chi connectivity index (χ1n) is 11.3. The second-order valence-corrected chi connectivity index (χ2v) is 8.66. The van der Waals surface area contributed by atoms with Crippen LogP contribution in [0.5, 0.6) is 0 Å². The maximum absolute atomic E-state index is 12.8. The molecule has 3 rings (SSSR count). The molecule has 1 fully saturated rings. The molecule has 0 radical (unpaired) electrons. The number of benzene rings is 2. The summed E-state index contributed by atoms with van der Waals surface area (Å²) in [5.74, 6) is -1.14. The average molecular weight is 523 g/mol. The number of halogens is 3. The van der Waals surface area contributed by atoms with Crippen LogP contribution in [0.3, 0.4) is 0 Å². The lowest BCUT2D eigenvalue weighted by atomic mass is 9.96. The minimum Gasteiger partial charge on any atom is -0.354 e. The molecule has 2 amide bonds. The van der Waals surface area contributed by atoms with Gasteiger partial charge in [-0.2, -0.15) is 13.2 Å². The van der Waals surface area contributed by atoms with Gasteiger partial charge in [0, 0.05) is 30.8 Å². The van der Waals surface area contributed by atoms with Gasteiger partial charge in [-0.15, -0.1) is 0 Å². The average Bonchev–Trinajstić information content (AvgIpc) is 2.86. The van der Waals surface area contributed by atoms with Crippen molar-refractivity contribution in [1.82, 2.24) is 15.5 Å². The molecule has 11 nitrogen and oxygen atoms in total. The molecular weight excluding hydrogens is 499 g/mol. The Labute approximate surface area is 208 Å². The Morgan fingerprint density at radius 1 is 0.973 bits per heavy atom. The number of piperidine rings is 1. The minimum atomic E-state index is -4.58. The van der Waals surface area contributed by atoms with Crippen molar-refractivity contribution in [2.24, 2.45) is 5.92 Å². The molecule has 0 atom stereocenters. The molecule has 198 valence electrons. The van der Waals surface area contributed by atoms with Crippen LogP contribution in [0.4, 0.5) is 24.5 Å². The van der Waals surface area contributed by atoms with Gasteiger partial charge in [-0.25, -0.2) is 0 Å². The van der Waals surface area contributed by atoms with E-state index >= 15 is 0 Å². The van der Waals surface area contributed by atoms with E-state index in [1.165, 1.54) is 18.2 Å². The van der Waals surface area contributed by atoms with Crippen LogP contribution in [0.25, 0.3) is 0 Å². The van der Waals surface area contributed by atoms with Gasteiger partial charge in [0.1, 0.15) is 0 Å². The van der Waals surface area contributed by atoms with Crippen LogP contribution in [-0.2, 0) is 17.5 Å². The molecule has 2 aromatic carbocycles. The summed E-state index contributed by atoms with van der Waals surface area (Å²) in [7, 11) is 0. The van der Waals surface area contributed by atoms with Gasteiger partial charge in [-0.3, -0.25) is 34.7 Å². The predicted octanol–water partition coefficient (Wildman–Crippen LogP) is 3.28. The highest BCUT2D eigenvalue weighted by molar-refractivity contribution is 5.96. The Hall–Kier alpha value is -4.07. The number of nitro groups is 2. The molecule has 1 aliphatic heterocycles. The molecule has 1 saturated heterocycles. The number of hydrogen-bond acceptors (Lipinski definition) is 7. The van der Waals surface area contributed by atoms with Gasteiger partial charge in [0.15, 0.2) is 0 Å². The SMILES string of the molecule is O=C(CNC(=O)c1cccc(C(F)(F)F)c1)NCC1CCN(Cc2cc([N+](=O)[O-])cc([N+](=O)[O-])c2)CC1. The molecule has 0 unspecified atom stereocenters. The minimum absolute atomic E-state index is 0.138. The third-order valence-electron chi connectivity index (χ3n) is 5.95. The number of nitro benzene ring substituents is 2. The van der Waals surface area contributed by atoms with Crippen LogP contribution < -0.4 is 10.6 Å². The van der Waals surface area contributed by atoms with Crippen molar-refractivity contribution in [1.29, 1.82) is 0 Å². The van der Waals surface area contributed by atoms with Crippen LogP contribution in [0.1, 0.15) is 34.3 Å². The molecular formula is C23H24F3N5O6. The van der Waals surface area contributed by atoms with Crippen molar-refractivity contribution in [2.75, 3.05) is 26.2 Å². The summed E-state index contributed by atoms with van der Waals surface area (Å²) in [5.41, 5.74) is -1.39. The number of carbonyl (C=O) groups is 2. The highest BCUT2D eigenvalue weighted by Gasteiger charge is 2.31. The van der Waals surface area contributed by atoms with Gasteiger partial charge in [0.2, 0.25) is 5.91 Å². The Morgan fingerprint density at radius 2 is 1.59 bits per heavy atom. The molecule has 0 saturated carbocycles. The van der Waals surface area contributed by atoms with Gasteiger partial charge in [-0.1, -0.05) is 6.07 Å². The van der Waals surface area contributed by atoms with E-state index in [1.807, 2.05) is 4.90 Å². The number of alkyl halides is 3. The Balaban J connectivity index is 1.42. The molecule has 37 heavy (non-hydrogen) atoms. The van der Waals surface area contributed by atoms with E-state index < -0.39 is 33.4 Å². The van der Waals surface area contributed by atoms with Gasteiger partial charge < -0.3 is 10.6 Å². The van der Waals surface area contributed by atoms with Crippen molar-refractivity contribution >= 4 is 23.2 Å². The van der Waals surface area contributed by atoms with Crippen molar-refractivity contribution in [3.63, 3.8) is 0 Å². The van der Waals surface area contributed by atoms with Crippen LogP contribution in [0.15, 0.2) is 42.5 Å². The lowest BCUT2D eigenvalue weighted by molar-refractivity contribution is -0.394. The number of carbonyl (C=O) groups excluding carboxylic acids is 2. The molecule has 14 heteroatoms. The summed E-state index contributed by atoms with van der Waals surface area (Å²) in [5, 5.41) is 27.1. The summed E-state index contributed by atoms with van der Waals surface area (Å²) < 4.78 is 38.4. The lowest BCUT2D eigenvalue weighted by Gasteiger charge is -2.32. The smallest absolute Gasteiger partial charge is 0.354 e. The summed E-state index contributed by atoms with van der Waals surface area (Å²) in [6, 6.07) is 7.45. The normalized spacial score (nSPS) is 14.7. The summed E-state index contributed by atoms with van der Waals surface area (Å²) in [4.78, 5) is 47.0. The number of likely N-dealkylation sites (tertiary alicyclic amines) is 1. The quantitative estimate of drug-likeness (QED) is 0.379. The van der Waals surface area contributed by atoms with Crippen LogP contribution in [-0.4, -0.2) is 52.7 Å². The zero-order chi connectivity index (χ0) is 27.2. The number of nitrogens with one attached hydrogen (secondary N) is 2. The largest absolute Gasteiger partial charge is 0.416 e. The van der Waals surface area contributed by atoms with Crippen molar-refractivity contribution in [3.8, 4) is 0 Å². The topological polar surface area (TPSA) is 148 Å². The van der Waals surface area contributed by atoms with Crippen molar-refractivity contribution in [3.05, 3.63) is 79.4 Å². The van der Waals surface area contributed by atoms with E-state index in [4.69, 9.17) is 0 Å². The molecule has 0 aromatic heterocycles. The lowest BCUT2D eigenvalue weighted by Crippen LogP contribution is -2.41. The molecule has 2 aromatic rings. The van der Waals surface area contributed by atoms with Crippen molar-refractivity contribution < 1.29 is 32.6 Å². The molecule has 1 heterocycles. The van der Waals surface area contributed by atoms with Crippen LogP contribution in [0, 0.1) is 26.1 Å². The molecule has 1 aliphatic rings. The first kappa shape index (κ1) is 27.5. The third kappa shape index (κ3) is 7.96. The number of non-ortho nitro benzene ring substituents is 2. The van der Waals surface area contributed by atoms with E-state index in [-0.39, 0.29) is 29.4 Å². The zero-order valence-corrected chi connectivity index (χ0v) is 19.5. The zero-order valence-electron chi connectivity index (χ0n) is 19.5. The Morgan fingerprint density at radius 3 is 2.16 bits per heavy atom. The van der Waals surface area contributed by atoms with E-state index in [0.29, 0.717) is 50.7 Å². The van der Waals surface area contributed by atoms with Gasteiger partial charge in [-0.05, 0) is 55.6 Å². The molecule has 0 spiro atoms. The number of amides is 2. The van der Waals surface area contributed by atoms with Crippen LogP contribution >= 0.6 is 0 Å². The standard InChI is InChI=1S/C23H24F3N5O6/c24-23(25,26)18-3-1-2-17(10-18)22(33)28-13-21(32)27-12-15-4-6-29(7-5-15)14-16-8-19(30(34)35)11-20(9-16)31(36)37/h1-3,8-11,15H,4-7,12-14H2,(H,27,32)(H,28,33). The number of nitrogens with zero attached hydrogens (tertiary/aromatic N) is 3. The fraction of sp³-hybridized carbons (Fsp3) is 0.391. The molecule has 0 aliphatic carbocycles. The Kier molecular flexibility index (Phi) is 8.76. The van der Waals surface area contributed by atoms with Crippen LogP contribution in [0.2, 0.25) is 0 Å². The second-order valence-electron chi connectivity index (χ2n) is 8.66. The summed E-state index contributed by atoms with van der Waals surface area (Å²) in [6.07, 6.45) is -3.18. The summed E-state index contributed by atoms with van der Waals surface area (Å²) in [6.45, 7) is 1.49.